The molecule has 122 valence electrons. The maximum absolute atomic E-state index is 11.9. The fourth-order valence-corrected chi connectivity index (χ4v) is 2.28. The fraction of sp³-hybridized carbons (Fsp3) is 0.133. The molecule has 0 amide bonds. The Labute approximate surface area is 147 Å². The van der Waals surface area contributed by atoms with Gasteiger partial charge in [-0.1, -0.05) is 6.07 Å². The lowest BCUT2D eigenvalue weighted by Gasteiger charge is -2.11. The highest BCUT2D eigenvalue weighted by atomic mass is 79.9. The number of nitrogens with zero attached hydrogens (tertiary/aromatic N) is 2. The van der Waals surface area contributed by atoms with Crippen molar-refractivity contribution in [3.63, 3.8) is 0 Å². The van der Waals surface area contributed by atoms with E-state index >= 15 is 0 Å². The fourth-order valence-electron chi connectivity index (χ4n) is 1.87. The van der Waals surface area contributed by atoms with Crippen molar-refractivity contribution >= 4 is 40.2 Å². The van der Waals surface area contributed by atoms with E-state index in [1.165, 1.54) is 36.7 Å². The van der Waals surface area contributed by atoms with Gasteiger partial charge in [0, 0.05) is 23.5 Å². The van der Waals surface area contributed by atoms with Crippen molar-refractivity contribution in [1.82, 2.24) is 4.98 Å². The molecule has 0 aliphatic heterocycles. The zero-order valence-corrected chi connectivity index (χ0v) is 14.1. The predicted molar refractivity (Wildman–Crippen MR) is 91.3 cm³/mol. The molecule has 0 atom stereocenters. The van der Waals surface area contributed by atoms with Crippen molar-refractivity contribution in [2.24, 2.45) is 0 Å². The van der Waals surface area contributed by atoms with E-state index in [4.69, 9.17) is 20.4 Å². The highest BCUT2D eigenvalue weighted by Gasteiger charge is 2.20. The summed E-state index contributed by atoms with van der Waals surface area (Å²) in [7, 11) is -1.27. The molecule has 0 spiro atoms. The number of pyridine rings is 1. The molecule has 9 heteroatoms. The van der Waals surface area contributed by atoms with Gasteiger partial charge < -0.3 is 20.1 Å². The van der Waals surface area contributed by atoms with Gasteiger partial charge in [0.25, 0.3) is 0 Å². The molecule has 1 heterocycles. The van der Waals surface area contributed by atoms with E-state index in [2.05, 4.69) is 20.9 Å². The second-order valence-corrected chi connectivity index (χ2v) is 5.52. The largest absolute Gasteiger partial charge is 0.493 e. The lowest BCUT2D eigenvalue weighted by atomic mass is 9.78. The number of nitrogen functional groups attached to an aromatic ring is 1. The Balaban J connectivity index is 1.83. The minimum absolute atomic E-state index is 0.0188. The van der Waals surface area contributed by atoms with Gasteiger partial charge in [0.15, 0.2) is 0 Å². The van der Waals surface area contributed by atoms with E-state index in [1.807, 2.05) is 6.07 Å². The molecule has 0 fully saturated rings. The van der Waals surface area contributed by atoms with Crippen LogP contribution in [0.15, 0.2) is 41.1 Å². The number of nitriles is 1. The summed E-state index contributed by atoms with van der Waals surface area (Å²) in [6.07, 6.45) is 2.97. The van der Waals surface area contributed by atoms with E-state index in [-0.39, 0.29) is 18.9 Å². The van der Waals surface area contributed by atoms with E-state index in [0.29, 0.717) is 21.1 Å². The van der Waals surface area contributed by atoms with Crippen molar-refractivity contribution in [2.75, 3.05) is 18.9 Å². The standard InChI is InChI=1S/C15H13BBrN3O4/c17-13-9-20-4-3-11(13)15(21)23-5-6-24-16(22)12-2-1-10(8-18)7-14(12)19/h1-4,7,9,22H,5-6,19H2. The van der Waals surface area contributed by atoms with Gasteiger partial charge in [-0.25, -0.2) is 4.79 Å². The number of halogens is 1. The van der Waals surface area contributed by atoms with E-state index < -0.39 is 13.1 Å². The Hall–Kier alpha value is -2.41. The molecule has 0 aliphatic rings. The maximum Gasteiger partial charge on any atom is 0.493 e. The van der Waals surface area contributed by atoms with Gasteiger partial charge in [0.05, 0.1) is 28.3 Å². The van der Waals surface area contributed by atoms with Crippen LogP contribution < -0.4 is 11.2 Å². The summed E-state index contributed by atoms with van der Waals surface area (Å²) >= 11 is 3.21. The molecule has 0 saturated heterocycles. The number of hydrogen-bond acceptors (Lipinski definition) is 7. The molecule has 0 unspecified atom stereocenters. The monoisotopic (exact) mass is 389 g/mol. The molecule has 2 rings (SSSR count). The summed E-state index contributed by atoms with van der Waals surface area (Å²) in [5.41, 5.74) is 7.09. The van der Waals surface area contributed by atoms with Crippen LogP contribution in [0.3, 0.4) is 0 Å². The van der Waals surface area contributed by atoms with E-state index in [0.717, 1.165) is 0 Å². The zero-order valence-electron chi connectivity index (χ0n) is 12.5. The Morgan fingerprint density at radius 2 is 2.21 bits per heavy atom. The summed E-state index contributed by atoms with van der Waals surface area (Å²) in [6, 6.07) is 7.96. The normalized spacial score (nSPS) is 10.0. The second kappa shape index (κ2) is 8.45. The number of rotatable bonds is 6. The van der Waals surface area contributed by atoms with E-state index in [1.54, 1.807) is 0 Å². The Kier molecular flexibility index (Phi) is 6.32. The number of nitrogens with two attached hydrogens (primary N) is 1. The third-order valence-electron chi connectivity index (χ3n) is 3.07. The third-order valence-corrected chi connectivity index (χ3v) is 3.70. The maximum atomic E-state index is 11.9. The number of carbonyl (C=O) groups excluding carboxylic acids is 1. The Bertz CT molecular complexity index is 782. The summed E-state index contributed by atoms with van der Waals surface area (Å²) in [5, 5.41) is 18.7. The van der Waals surface area contributed by atoms with Crippen LogP contribution in [0.4, 0.5) is 5.69 Å². The first-order valence-electron chi connectivity index (χ1n) is 6.88. The minimum Gasteiger partial charge on any atom is -0.460 e. The van der Waals surface area contributed by atoms with Gasteiger partial charge in [-0.3, -0.25) is 4.98 Å². The molecule has 0 radical (unpaired) electrons. The van der Waals surface area contributed by atoms with Crippen LogP contribution in [-0.2, 0) is 9.39 Å². The summed E-state index contributed by atoms with van der Waals surface area (Å²) in [4.78, 5) is 15.7. The molecular weight excluding hydrogens is 377 g/mol. The molecular formula is C15H13BBrN3O4. The molecule has 0 aliphatic carbocycles. The number of carbonyl (C=O) groups is 1. The summed E-state index contributed by atoms with van der Waals surface area (Å²) in [6.45, 7) is -0.0596. The van der Waals surface area contributed by atoms with Crippen LogP contribution in [0.5, 0.6) is 0 Å². The van der Waals surface area contributed by atoms with Crippen LogP contribution in [-0.4, -0.2) is 36.3 Å². The Morgan fingerprint density at radius 1 is 1.42 bits per heavy atom. The number of anilines is 1. The number of esters is 1. The van der Waals surface area contributed by atoms with E-state index in [9.17, 15) is 9.82 Å². The zero-order chi connectivity index (χ0) is 17.5. The van der Waals surface area contributed by atoms with Gasteiger partial charge in [-0.15, -0.1) is 0 Å². The van der Waals surface area contributed by atoms with Crippen LogP contribution >= 0.6 is 15.9 Å². The molecule has 7 nitrogen and oxygen atoms in total. The minimum atomic E-state index is -1.27. The Morgan fingerprint density at radius 3 is 2.88 bits per heavy atom. The third kappa shape index (κ3) is 4.55. The van der Waals surface area contributed by atoms with Crippen LogP contribution in [0.1, 0.15) is 15.9 Å². The molecule has 1 aromatic carbocycles. The molecule has 0 saturated carbocycles. The van der Waals surface area contributed by atoms with Gasteiger partial charge >= 0.3 is 13.1 Å². The topological polar surface area (TPSA) is 118 Å². The quantitative estimate of drug-likeness (QED) is 0.325. The average molecular weight is 390 g/mol. The highest BCUT2D eigenvalue weighted by molar-refractivity contribution is 9.10. The molecule has 2 aromatic rings. The number of ether oxygens (including phenoxy) is 1. The van der Waals surface area contributed by atoms with Crippen LogP contribution in [0, 0.1) is 11.3 Å². The molecule has 0 bridgehead atoms. The molecule has 3 N–H and O–H groups in total. The first-order valence-corrected chi connectivity index (χ1v) is 7.68. The van der Waals surface area contributed by atoms with Crippen LogP contribution in [0.2, 0.25) is 0 Å². The van der Waals surface area contributed by atoms with Crippen LogP contribution in [0.25, 0.3) is 0 Å². The number of benzene rings is 1. The number of aromatic nitrogens is 1. The SMILES string of the molecule is N#Cc1ccc(B(O)OCCOC(=O)c2ccncc2Br)c(N)c1. The van der Waals surface area contributed by atoms with Crippen molar-refractivity contribution in [3.8, 4) is 6.07 Å². The van der Waals surface area contributed by atoms with Gasteiger partial charge in [0.1, 0.15) is 6.61 Å². The molecule has 24 heavy (non-hydrogen) atoms. The number of hydrogen-bond donors (Lipinski definition) is 2. The lowest BCUT2D eigenvalue weighted by molar-refractivity contribution is 0.0438. The van der Waals surface area contributed by atoms with Crippen molar-refractivity contribution < 1.29 is 19.2 Å². The van der Waals surface area contributed by atoms with Crippen molar-refractivity contribution in [3.05, 3.63) is 52.3 Å². The summed E-state index contributed by atoms with van der Waals surface area (Å²) in [5.74, 6) is -0.528. The summed E-state index contributed by atoms with van der Waals surface area (Å²) < 4.78 is 10.8. The first kappa shape index (κ1) is 17.9. The lowest BCUT2D eigenvalue weighted by Crippen LogP contribution is -2.36. The highest BCUT2D eigenvalue weighted by Crippen LogP contribution is 2.15. The molecule has 1 aromatic heterocycles. The van der Waals surface area contributed by atoms with Crippen molar-refractivity contribution in [2.45, 2.75) is 0 Å². The predicted octanol–water partition coefficient (Wildman–Crippen LogP) is 0.859. The first-order chi connectivity index (χ1) is 11.5. The van der Waals surface area contributed by atoms with Crippen molar-refractivity contribution in [1.29, 1.82) is 5.26 Å². The smallest absolute Gasteiger partial charge is 0.460 e. The van der Waals surface area contributed by atoms with Gasteiger partial charge in [0.2, 0.25) is 0 Å². The van der Waals surface area contributed by atoms with Gasteiger partial charge in [-0.2, -0.15) is 5.26 Å². The van der Waals surface area contributed by atoms with Gasteiger partial charge in [-0.05, 0) is 34.1 Å². The average Bonchev–Trinajstić information content (AvgIpc) is 2.58. The second-order valence-electron chi connectivity index (χ2n) is 4.67.